The summed E-state index contributed by atoms with van der Waals surface area (Å²) in [6.07, 6.45) is 7.88. The van der Waals surface area contributed by atoms with Gasteiger partial charge in [0.2, 0.25) is 5.91 Å². The maximum absolute atomic E-state index is 12.1. The monoisotopic (exact) mass is 347 g/mol. The molecule has 0 bridgehead atoms. The van der Waals surface area contributed by atoms with E-state index in [0.29, 0.717) is 19.6 Å². The van der Waals surface area contributed by atoms with Crippen LogP contribution in [0.5, 0.6) is 0 Å². The van der Waals surface area contributed by atoms with Gasteiger partial charge in [-0.2, -0.15) is 0 Å². The normalized spacial score (nSPS) is 17.6. The van der Waals surface area contributed by atoms with E-state index in [1.807, 2.05) is 0 Å². The predicted molar refractivity (Wildman–Crippen MR) is 88.9 cm³/mol. The Morgan fingerprint density at radius 1 is 1.32 bits per heavy atom. The van der Waals surface area contributed by atoms with Gasteiger partial charge in [0, 0.05) is 19.6 Å². The van der Waals surface area contributed by atoms with Crippen LogP contribution in [0.15, 0.2) is 28.2 Å². The maximum Gasteiger partial charge on any atom is 0.433 e. The van der Waals surface area contributed by atoms with E-state index in [1.165, 1.54) is 29.4 Å². The minimum absolute atomic E-state index is 0.0501. The smallest absolute Gasteiger partial charge is 0.395 e. The van der Waals surface area contributed by atoms with Crippen LogP contribution >= 0.6 is 0 Å². The zero-order valence-electron chi connectivity index (χ0n) is 13.9. The minimum Gasteiger partial charge on any atom is -0.395 e. The highest BCUT2D eigenvalue weighted by Crippen LogP contribution is 2.23. The molecule has 2 amide bonds. The Kier molecular flexibility index (Phi) is 5.16. The third-order valence-electron chi connectivity index (χ3n) is 4.65. The number of rotatable bonds is 6. The molecular formula is C17H21N3O5. The molecule has 0 radical (unpaired) electrons. The first-order chi connectivity index (χ1) is 12.0. The number of carbonyl (C=O) groups is 2. The van der Waals surface area contributed by atoms with Crippen molar-refractivity contribution in [3.8, 4) is 0 Å². The molecule has 1 aliphatic heterocycles. The van der Waals surface area contributed by atoms with Crippen LogP contribution < -0.4 is 5.32 Å². The molecule has 25 heavy (non-hydrogen) atoms. The summed E-state index contributed by atoms with van der Waals surface area (Å²) in [5.74, 6) is -1.24. The Balaban J connectivity index is 1.40. The molecule has 0 aromatic carbocycles. The van der Waals surface area contributed by atoms with Crippen molar-refractivity contribution in [3.63, 3.8) is 0 Å². The van der Waals surface area contributed by atoms with Gasteiger partial charge in [0.1, 0.15) is 4.92 Å². The molecule has 1 saturated heterocycles. The summed E-state index contributed by atoms with van der Waals surface area (Å²) in [7, 11) is 0. The molecule has 0 unspecified atom stereocenters. The Morgan fingerprint density at radius 2 is 2.12 bits per heavy atom. The van der Waals surface area contributed by atoms with Crippen LogP contribution in [0, 0.1) is 16.0 Å². The number of nitro groups is 1. The summed E-state index contributed by atoms with van der Waals surface area (Å²) >= 11 is 0. The minimum atomic E-state index is -0.690. The van der Waals surface area contributed by atoms with Gasteiger partial charge in [-0.25, -0.2) is 0 Å². The molecule has 0 atom stereocenters. The summed E-state index contributed by atoms with van der Waals surface area (Å²) < 4.78 is 4.89. The molecule has 1 fully saturated rings. The average molecular weight is 347 g/mol. The second-order valence-electron chi connectivity index (χ2n) is 6.45. The van der Waals surface area contributed by atoms with Crippen molar-refractivity contribution < 1.29 is 18.9 Å². The molecule has 1 aliphatic carbocycles. The largest absolute Gasteiger partial charge is 0.433 e. The topological polar surface area (TPSA) is 106 Å². The number of hydrogen-bond acceptors (Lipinski definition) is 5. The van der Waals surface area contributed by atoms with E-state index in [4.69, 9.17) is 4.42 Å². The van der Waals surface area contributed by atoms with E-state index in [9.17, 15) is 19.7 Å². The summed E-state index contributed by atoms with van der Waals surface area (Å²) in [6, 6.07) is 2.43. The molecule has 0 saturated carbocycles. The number of likely N-dealkylation sites (tertiary alicyclic amines) is 1. The third kappa shape index (κ3) is 4.07. The van der Waals surface area contributed by atoms with Crippen molar-refractivity contribution in [2.75, 3.05) is 19.6 Å². The number of amides is 2. The van der Waals surface area contributed by atoms with Gasteiger partial charge in [-0.05, 0) is 38.2 Å². The van der Waals surface area contributed by atoms with Crippen molar-refractivity contribution in [1.29, 1.82) is 0 Å². The highest BCUT2D eigenvalue weighted by molar-refractivity contribution is 5.94. The number of nitrogens with zero attached hydrogens (tertiary/aromatic N) is 2. The van der Waals surface area contributed by atoms with Gasteiger partial charge in [-0.3, -0.25) is 19.7 Å². The quantitative estimate of drug-likeness (QED) is 0.483. The number of furan rings is 1. The SMILES string of the molecule is O=C(NCCC1=CCCCC1)C1CN(C(=O)c2ccc([N+](=O)[O-])o2)C1. The number of carbonyl (C=O) groups excluding carboxylic acids is 2. The van der Waals surface area contributed by atoms with Crippen molar-refractivity contribution >= 4 is 17.7 Å². The van der Waals surface area contributed by atoms with Crippen LogP contribution in [-0.2, 0) is 4.79 Å². The standard InChI is InChI=1S/C17H21N3O5/c21-16(18-9-8-12-4-2-1-3-5-12)13-10-19(11-13)17(22)14-6-7-15(25-14)20(23)24/h4,6-7,13H,1-3,5,8-11H2,(H,18,21). The number of nitrogens with one attached hydrogen (secondary N) is 1. The van der Waals surface area contributed by atoms with E-state index < -0.39 is 16.7 Å². The highest BCUT2D eigenvalue weighted by Gasteiger charge is 2.37. The van der Waals surface area contributed by atoms with Gasteiger partial charge in [0.05, 0.1) is 12.0 Å². The van der Waals surface area contributed by atoms with Crippen LogP contribution in [-0.4, -0.2) is 41.3 Å². The molecule has 8 heteroatoms. The first-order valence-corrected chi connectivity index (χ1v) is 8.53. The fourth-order valence-corrected chi connectivity index (χ4v) is 3.13. The van der Waals surface area contributed by atoms with Crippen molar-refractivity contribution in [2.45, 2.75) is 32.1 Å². The highest BCUT2D eigenvalue weighted by atomic mass is 16.6. The summed E-state index contributed by atoms with van der Waals surface area (Å²) in [5.41, 5.74) is 1.41. The van der Waals surface area contributed by atoms with E-state index in [0.717, 1.165) is 25.3 Å². The van der Waals surface area contributed by atoms with Gasteiger partial charge in [-0.15, -0.1) is 0 Å². The first kappa shape index (κ1) is 17.2. The lowest BCUT2D eigenvalue weighted by Gasteiger charge is -2.37. The number of hydrogen-bond donors (Lipinski definition) is 1. The Hall–Kier alpha value is -2.64. The molecule has 134 valence electrons. The fourth-order valence-electron chi connectivity index (χ4n) is 3.13. The first-order valence-electron chi connectivity index (χ1n) is 8.53. The molecule has 8 nitrogen and oxygen atoms in total. The Morgan fingerprint density at radius 3 is 2.76 bits per heavy atom. The second-order valence-corrected chi connectivity index (χ2v) is 6.45. The Bertz CT molecular complexity index is 703. The number of allylic oxidation sites excluding steroid dienone is 1. The summed E-state index contributed by atoms with van der Waals surface area (Å²) in [5, 5.41) is 13.5. The molecule has 1 aromatic rings. The van der Waals surface area contributed by atoms with E-state index >= 15 is 0 Å². The predicted octanol–water partition coefficient (Wildman–Crippen LogP) is 2.27. The van der Waals surface area contributed by atoms with Crippen LogP contribution in [0.2, 0.25) is 0 Å². The lowest BCUT2D eigenvalue weighted by Crippen LogP contribution is -2.55. The summed E-state index contributed by atoms with van der Waals surface area (Å²) in [4.78, 5) is 35.5. The zero-order valence-corrected chi connectivity index (χ0v) is 13.9. The third-order valence-corrected chi connectivity index (χ3v) is 4.65. The zero-order chi connectivity index (χ0) is 17.8. The molecule has 3 rings (SSSR count). The van der Waals surface area contributed by atoms with Crippen LogP contribution in [0.3, 0.4) is 0 Å². The van der Waals surface area contributed by atoms with Gasteiger partial charge >= 0.3 is 5.88 Å². The van der Waals surface area contributed by atoms with Gasteiger partial charge in [-0.1, -0.05) is 11.6 Å². The molecule has 1 aromatic heterocycles. The van der Waals surface area contributed by atoms with Gasteiger partial charge in [0.25, 0.3) is 5.91 Å². The van der Waals surface area contributed by atoms with Crippen molar-refractivity contribution in [1.82, 2.24) is 10.2 Å². The summed E-state index contributed by atoms with van der Waals surface area (Å²) in [6.45, 7) is 1.24. The fraction of sp³-hybridized carbons (Fsp3) is 0.529. The molecule has 2 aliphatic rings. The lowest BCUT2D eigenvalue weighted by atomic mass is 9.96. The second kappa shape index (κ2) is 7.50. The van der Waals surface area contributed by atoms with E-state index in [-0.39, 0.29) is 17.6 Å². The van der Waals surface area contributed by atoms with Crippen molar-refractivity contribution in [3.05, 3.63) is 39.7 Å². The molecule has 2 heterocycles. The lowest BCUT2D eigenvalue weighted by molar-refractivity contribution is -0.402. The molecule has 1 N–H and O–H groups in total. The van der Waals surface area contributed by atoms with Crippen molar-refractivity contribution in [2.24, 2.45) is 5.92 Å². The van der Waals surface area contributed by atoms with Gasteiger partial charge < -0.3 is 14.6 Å². The van der Waals surface area contributed by atoms with Crippen LogP contribution in [0.25, 0.3) is 0 Å². The molecular weight excluding hydrogens is 326 g/mol. The molecule has 0 spiro atoms. The van der Waals surface area contributed by atoms with E-state index in [2.05, 4.69) is 11.4 Å². The van der Waals surface area contributed by atoms with Crippen LogP contribution in [0.4, 0.5) is 5.88 Å². The Labute approximate surface area is 145 Å². The average Bonchev–Trinajstić information content (AvgIpc) is 3.04. The van der Waals surface area contributed by atoms with Crippen LogP contribution in [0.1, 0.15) is 42.7 Å². The maximum atomic E-state index is 12.1. The van der Waals surface area contributed by atoms with E-state index in [1.54, 1.807) is 0 Å². The van der Waals surface area contributed by atoms with Gasteiger partial charge in [0.15, 0.2) is 5.76 Å².